The highest BCUT2D eigenvalue weighted by molar-refractivity contribution is 7.94. The number of carbonyl (C=O) groups is 1. The van der Waals surface area contributed by atoms with Gasteiger partial charge >= 0.3 is 0 Å². The van der Waals surface area contributed by atoms with Crippen LogP contribution in [0, 0.1) is 0 Å². The van der Waals surface area contributed by atoms with Crippen molar-refractivity contribution in [1.29, 1.82) is 0 Å². The van der Waals surface area contributed by atoms with Gasteiger partial charge in [-0.25, -0.2) is 8.42 Å². The number of carbonyl (C=O) groups excluding carboxylic acids is 1. The number of rotatable bonds is 6. The third kappa shape index (κ3) is 4.63. The number of nitrogens with zero attached hydrogens (tertiary/aromatic N) is 3. The highest BCUT2D eigenvalue weighted by atomic mass is 35.5. The molecule has 1 atom stereocenters. The summed E-state index contributed by atoms with van der Waals surface area (Å²) >= 11 is 6.22. The molecule has 6 nitrogen and oxygen atoms in total. The zero-order chi connectivity index (χ0) is 21.1. The van der Waals surface area contributed by atoms with Gasteiger partial charge in [0.1, 0.15) is 0 Å². The van der Waals surface area contributed by atoms with Crippen LogP contribution in [0.3, 0.4) is 0 Å². The van der Waals surface area contributed by atoms with Gasteiger partial charge in [0.25, 0.3) is 0 Å². The molecule has 4 rings (SSSR count). The zero-order valence-corrected chi connectivity index (χ0v) is 17.6. The number of halogens is 1. The van der Waals surface area contributed by atoms with Gasteiger partial charge in [-0.05, 0) is 47.5 Å². The highest BCUT2D eigenvalue weighted by Crippen LogP contribution is 2.22. The van der Waals surface area contributed by atoms with Gasteiger partial charge in [-0.2, -0.15) is 0 Å². The molecule has 0 N–H and O–H groups in total. The minimum absolute atomic E-state index is 0.117. The molecule has 8 heteroatoms. The van der Waals surface area contributed by atoms with Crippen LogP contribution in [-0.4, -0.2) is 40.6 Å². The second kappa shape index (κ2) is 8.45. The largest absolute Gasteiger partial charge is 0.331 e. The van der Waals surface area contributed by atoms with Crippen LogP contribution >= 0.6 is 11.6 Å². The molecule has 30 heavy (non-hydrogen) atoms. The lowest BCUT2D eigenvalue weighted by Crippen LogP contribution is -2.41. The van der Waals surface area contributed by atoms with Gasteiger partial charge in [-0.1, -0.05) is 23.7 Å². The number of aromatic nitrogens is 2. The molecular formula is C22H20ClN3O3S. The SMILES string of the molecule is O=C(Cc1ccc(-n2cccc2)cc1)N(Cc1ccncc1Cl)C1C=CS(=O)(=O)C1. The van der Waals surface area contributed by atoms with Crippen molar-refractivity contribution in [2.45, 2.75) is 19.0 Å². The van der Waals surface area contributed by atoms with Gasteiger partial charge in [0.15, 0.2) is 9.84 Å². The van der Waals surface area contributed by atoms with E-state index in [2.05, 4.69) is 4.98 Å². The standard InChI is InChI=1S/C22H20ClN3O3S/c23-21-14-24-9-7-18(21)15-26(20-8-12-30(28,29)16-20)22(27)13-17-3-5-19(6-4-17)25-10-1-2-11-25/h1-12,14,20H,13,15-16H2. The van der Waals surface area contributed by atoms with Crippen molar-refractivity contribution in [1.82, 2.24) is 14.5 Å². The Labute approximate surface area is 180 Å². The molecule has 0 saturated carbocycles. The average Bonchev–Trinajstić information content (AvgIpc) is 3.37. The van der Waals surface area contributed by atoms with Crippen LogP contribution in [0.15, 0.2) is 78.7 Å². The summed E-state index contributed by atoms with van der Waals surface area (Å²) in [5.74, 6) is -0.281. The Hall–Kier alpha value is -2.90. The molecule has 0 radical (unpaired) electrons. The minimum Gasteiger partial charge on any atom is -0.331 e. The van der Waals surface area contributed by atoms with Crippen molar-refractivity contribution in [3.63, 3.8) is 0 Å². The summed E-state index contributed by atoms with van der Waals surface area (Å²) in [6, 6.07) is 12.8. The Bertz CT molecular complexity index is 1170. The van der Waals surface area contributed by atoms with Gasteiger partial charge in [0, 0.05) is 42.4 Å². The number of sulfone groups is 1. The predicted molar refractivity (Wildman–Crippen MR) is 116 cm³/mol. The van der Waals surface area contributed by atoms with E-state index in [9.17, 15) is 13.2 Å². The number of pyridine rings is 1. The van der Waals surface area contributed by atoms with E-state index < -0.39 is 15.9 Å². The summed E-state index contributed by atoms with van der Waals surface area (Å²) in [5.41, 5.74) is 2.58. The van der Waals surface area contributed by atoms with Gasteiger partial charge in [0.05, 0.1) is 23.2 Å². The van der Waals surface area contributed by atoms with Crippen molar-refractivity contribution in [2.75, 3.05) is 5.75 Å². The number of amides is 1. The Morgan fingerprint density at radius 3 is 2.53 bits per heavy atom. The molecule has 1 aliphatic rings. The Morgan fingerprint density at radius 1 is 1.17 bits per heavy atom. The monoisotopic (exact) mass is 441 g/mol. The molecule has 1 amide bonds. The van der Waals surface area contributed by atoms with Crippen LogP contribution in [0.1, 0.15) is 11.1 Å². The highest BCUT2D eigenvalue weighted by Gasteiger charge is 2.30. The van der Waals surface area contributed by atoms with Crippen LogP contribution in [0.5, 0.6) is 0 Å². The fourth-order valence-corrected chi connectivity index (χ4v) is 4.91. The van der Waals surface area contributed by atoms with Gasteiger partial charge in [-0.15, -0.1) is 0 Å². The summed E-state index contributed by atoms with van der Waals surface area (Å²) in [7, 11) is -3.30. The Balaban J connectivity index is 1.54. The van der Waals surface area contributed by atoms with Crippen LogP contribution in [0.25, 0.3) is 5.69 Å². The van der Waals surface area contributed by atoms with E-state index in [0.717, 1.165) is 16.8 Å². The molecule has 1 aromatic carbocycles. The van der Waals surface area contributed by atoms with E-state index in [1.807, 2.05) is 53.4 Å². The van der Waals surface area contributed by atoms with E-state index in [1.54, 1.807) is 23.2 Å². The second-order valence-electron chi connectivity index (χ2n) is 7.15. The number of hydrogen-bond donors (Lipinski definition) is 0. The van der Waals surface area contributed by atoms with Crippen molar-refractivity contribution in [3.8, 4) is 5.69 Å². The summed E-state index contributed by atoms with van der Waals surface area (Å²) < 4.78 is 25.8. The fraction of sp³-hybridized carbons (Fsp3) is 0.182. The molecular weight excluding hydrogens is 422 g/mol. The third-order valence-electron chi connectivity index (χ3n) is 5.02. The molecule has 0 spiro atoms. The lowest BCUT2D eigenvalue weighted by Gasteiger charge is -2.28. The normalized spacial score (nSPS) is 17.2. The first-order valence-corrected chi connectivity index (χ1v) is 11.5. The van der Waals surface area contributed by atoms with Crippen LogP contribution in [0.2, 0.25) is 5.02 Å². The smallest absolute Gasteiger partial charge is 0.227 e. The average molecular weight is 442 g/mol. The third-order valence-corrected chi connectivity index (χ3v) is 6.74. The molecule has 0 aliphatic carbocycles. The van der Waals surface area contributed by atoms with Crippen molar-refractivity contribution in [2.24, 2.45) is 0 Å². The molecule has 1 unspecified atom stereocenters. The topological polar surface area (TPSA) is 72.3 Å². The van der Waals surface area contributed by atoms with E-state index >= 15 is 0 Å². The summed E-state index contributed by atoms with van der Waals surface area (Å²) in [6.45, 7) is 0.214. The minimum atomic E-state index is -3.30. The summed E-state index contributed by atoms with van der Waals surface area (Å²) in [5, 5.41) is 1.62. The van der Waals surface area contributed by atoms with Gasteiger partial charge in [0.2, 0.25) is 5.91 Å². The molecule has 0 bridgehead atoms. The number of hydrogen-bond acceptors (Lipinski definition) is 4. The Morgan fingerprint density at radius 2 is 1.90 bits per heavy atom. The first-order chi connectivity index (χ1) is 14.4. The van der Waals surface area contributed by atoms with E-state index in [1.165, 1.54) is 11.6 Å². The number of benzene rings is 1. The van der Waals surface area contributed by atoms with Crippen molar-refractivity contribution in [3.05, 3.63) is 94.9 Å². The maximum absolute atomic E-state index is 13.2. The van der Waals surface area contributed by atoms with E-state index in [-0.39, 0.29) is 24.6 Å². The maximum atomic E-state index is 13.2. The predicted octanol–water partition coefficient (Wildman–Crippen LogP) is 3.41. The van der Waals surface area contributed by atoms with E-state index in [0.29, 0.717) is 5.02 Å². The molecule has 3 aromatic rings. The van der Waals surface area contributed by atoms with Crippen molar-refractivity contribution < 1.29 is 13.2 Å². The second-order valence-corrected chi connectivity index (χ2v) is 9.49. The van der Waals surface area contributed by atoms with Gasteiger partial charge < -0.3 is 9.47 Å². The quantitative estimate of drug-likeness (QED) is 0.587. The molecule has 1 aliphatic heterocycles. The summed E-state index contributed by atoms with van der Waals surface area (Å²) in [6.07, 6.45) is 8.75. The zero-order valence-electron chi connectivity index (χ0n) is 16.1. The Kier molecular flexibility index (Phi) is 5.74. The lowest BCUT2D eigenvalue weighted by molar-refractivity contribution is -0.132. The molecule has 2 aromatic heterocycles. The molecule has 3 heterocycles. The van der Waals surface area contributed by atoms with Crippen LogP contribution in [0.4, 0.5) is 0 Å². The van der Waals surface area contributed by atoms with Crippen LogP contribution < -0.4 is 0 Å². The molecule has 0 fully saturated rings. The lowest BCUT2D eigenvalue weighted by atomic mass is 10.1. The fourth-order valence-electron chi connectivity index (χ4n) is 3.43. The van der Waals surface area contributed by atoms with Gasteiger partial charge in [-0.3, -0.25) is 9.78 Å². The first-order valence-electron chi connectivity index (χ1n) is 9.42. The van der Waals surface area contributed by atoms with Crippen molar-refractivity contribution >= 4 is 27.3 Å². The first kappa shape index (κ1) is 20.4. The maximum Gasteiger partial charge on any atom is 0.227 e. The van der Waals surface area contributed by atoms with E-state index in [4.69, 9.17) is 11.6 Å². The molecule has 0 saturated heterocycles. The molecule has 154 valence electrons. The van der Waals surface area contributed by atoms with Crippen LogP contribution in [-0.2, 0) is 27.6 Å². The summed E-state index contributed by atoms with van der Waals surface area (Å²) in [4.78, 5) is 18.7.